The van der Waals surface area contributed by atoms with Crippen molar-refractivity contribution in [1.29, 1.82) is 0 Å². The Morgan fingerprint density at radius 1 is 1.11 bits per heavy atom. The second-order valence-electron chi connectivity index (χ2n) is 9.37. The van der Waals surface area contributed by atoms with Gasteiger partial charge in [0.15, 0.2) is 11.3 Å². The fourth-order valence-corrected chi connectivity index (χ4v) is 6.66. The molecular weight excluding hydrogens is 528 g/mol. The zero-order chi connectivity index (χ0) is 26.2. The van der Waals surface area contributed by atoms with E-state index in [9.17, 15) is 13.6 Å². The highest BCUT2D eigenvalue weighted by Gasteiger charge is 2.31. The van der Waals surface area contributed by atoms with Gasteiger partial charge < -0.3 is 14.3 Å². The van der Waals surface area contributed by atoms with Gasteiger partial charge in [0.1, 0.15) is 23.9 Å². The van der Waals surface area contributed by atoms with Gasteiger partial charge in [-0.3, -0.25) is 4.79 Å². The molecule has 0 radical (unpaired) electrons. The number of carbonyl (C=O) groups excluding carboxylic acids is 1. The van der Waals surface area contributed by atoms with Gasteiger partial charge >= 0.3 is 0 Å². The van der Waals surface area contributed by atoms with Crippen molar-refractivity contribution in [2.75, 3.05) is 19.3 Å². The van der Waals surface area contributed by atoms with Gasteiger partial charge in [-0.15, -0.1) is 11.3 Å². The quantitative estimate of drug-likeness (QED) is 0.284. The smallest absolute Gasteiger partial charge is 0.242 e. The molecule has 2 aliphatic rings. The third-order valence-corrected chi connectivity index (χ3v) is 8.78. The Labute approximate surface area is 226 Å². The van der Waals surface area contributed by atoms with Crippen LogP contribution in [0.1, 0.15) is 47.5 Å². The van der Waals surface area contributed by atoms with Crippen molar-refractivity contribution in [2.24, 2.45) is 5.16 Å². The fraction of sp³-hybridized carbons (Fsp3) is 0.333. The van der Waals surface area contributed by atoms with Gasteiger partial charge in [0.25, 0.3) is 0 Å². The summed E-state index contributed by atoms with van der Waals surface area (Å²) in [5, 5.41) is 7.82. The summed E-state index contributed by atoms with van der Waals surface area (Å²) >= 11 is 3.09. The van der Waals surface area contributed by atoms with E-state index in [1.807, 2.05) is 45.4 Å². The van der Waals surface area contributed by atoms with E-state index in [4.69, 9.17) is 9.82 Å². The number of hydrogen-bond acceptors (Lipinski definition) is 7. The highest BCUT2D eigenvalue weighted by Crippen LogP contribution is 2.35. The van der Waals surface area contributed by atoms with Gasteiger partial charge in [0.05, 0.1) is 27.3 Å². The van der Waals surface area contributed by atoms with E-state index in [1.165, 1.54) is 30.0 Å². The molecule has 196 valence electrons. The molecule has 0 saturated carbocycles. The molecule has 2 aliphatic heterocycles. The van der Waals surface area contributed by atoms with E-state index in [0.717, 1.165) is 34.0 Å². The van der Waals surface area contributed by atoms with Gasteiger partial charge in [-0.1, -0.05) is 35.1 Å². The average molecular weight is 554 g/mol. The summed E-state index contributed by atoms with van der Waals surface area (Å²) in [6.45, 7) is 1.60. The van der Waals surface area contributed by atoms with E-state index in [2.05, 4.69) is 10.1 Å². The molecule has 7 nitrogen and oxygen atoms in total. The predicted octanol–water partition coefficient (Wildman–Crippen LogP) is 5.76. The Hall–Kier alpha value is -3.31. The number of thiazole rings is 1. The molecule has 38 heavy (non-hydrogen) atoms. The van der Waals surface area contributed by atoms with Crippen LogP contribution in [0, 0.1) is 11.6 Å². The van der Waals surface area contributed by atoms with Crippen LogP contribution in [0.5, 0.6) is 0 Å². The Kier molecular flexibility index (Phi) is 6.87. The second kappa shape index (κ2) is 10.5. The zero-order valence-corrected chi connectivity index (χ0v) is 22.3. The van der Waals surface area contributed by atoms with E-state index >= 15 is 0 Å². The van der Waals surface area contributed by atoms with E-state index in [1.54, 1.807) is 11.3 Å². The normalized spacial score (nSPS) is 18.1. The number of likely N-dealkylation sites (tertiary alicyclic amines) is 1. The topological polar surface area (TPSA) is 72.6 Å². The predicted molar refractivity (Wildman–Crippen MR) is 144 cm³/mol. The molecule has 6 rings (SSSR count). The molecule has 11 heteroatoms. The summed E-state index contributed by atoms with van der Waals surface area (Å²) in [6, 6.07) is 11.6. The number of hydrogen-bond donors (Lipinski definition) is 0. The molecule has 0 N–H and O–H groups in total. The third kappa shape index (κ3) is 4.69. The Balaban J connectivity index is 1.07. The number of oxime groups is 1. The van der Waals surface area contributed by atoms with Crippen LogP contribution < -0.4 is 0 Å². The number of fused-ring (bicyclic) bond motifs is 1. The summed E-state index contributed by atoms with van der Waals surface area (Å²) < 4.78 is 30.3. The van der Waals surface area contributed by atoms with Gasteiger partial charge in [0, 0.05) is 30.8 Å². The van der Waals surface area contributed by atoms with Gasteiger partial charge in [-0.05, 0) is 43.4 Å². The first-order chi connectivity index (χ1) is 18.5. The summed E-state index contributed by atoms with van der Waals surface area (Å²) in [5.74, 6) is -0.947. The Morgan fingerprint density at radius 3 is 2.63 bits per heavy atom. The maximum atomic E-state index is 14.2. The van der Waals surface area contributed by atoms with Crippen LogP contribution in [0.25, 0.3) is 11.0 Å². The van der Waals surface area contributed by atoms with Crippen molar-refractivity contribution < 1.29 is 18.4 Å². The standard InChI is InChI=1S/C27H25F2N5O2S2/c1-37-27-31-19-7-2-3-8-22(19)34(27)14-24(35)33-11-9-16(10-12-33)26-30-21(15-38-26)20-13-23(36-32-20)25-17(28)5-4-6-18(25)29/h2-8,15-16,23H,9-14H2,1H3. The first-order valence-corrected chi connectivity index (χ1v) is 14.5. The minimum absolute atomic E-state index is 0.0885. The maximum Gasteiger partial charge on any atom is 0.242 e. The summed E-state index contributed by atoms with van der Waals surface area (Å²) in [5.41, 5.74) is 3.02. The van der Waals surface area contributed by atoms with Crippen molar-refractivity contribution in [2.45, 2.75) is 43.0 Å². The van der Waals surface area contributed by atoms with Crippen molar-refractivity contribution in [1.82, 2.24) is 19.4 Å². The van der Waals surface area contributed by atoms with Crippen molar-refractivity contribution in [3.63, 3.8) is 0 Å². The molecule has 0 aliphatic carbocycles. The second-order valence-corrected chi connectivity index (χ2v) is 11.0. The largest absolute Gasteiger partial charge is 0.387 e. The number of benzene rings is 2. The lowest BCUT2D eigenvalue weighted by atomic mass is 9.97. The number of halogens is 2. The summed E-state index contributed by atoms with van der Waals surface area (Å²) in [7, 11) is 0. The number of aromatic nitrogens is 3. The molecule has 0 spiro atoms. The van der Waals surface area contributed by atoms with E-state index in [-0.39, 0.29) is 30.4 Å². The summed E-state index contributed by atoms with van der Waals surface area (Å²) in [6.07, 6.45) is 3.08. The van der Waals surface area contributed by atoms with E-state index < -0.39 is 17.7 Å². The molecule has 4 aromatic rings. The van der Waals surface area contributed by atoms with Crippen LogP contribution in [0.3, 0.4) is 0 Å². The van der Waals surface area contributed by atoms with Crippen LogP contribution in [-0.2, 0) is 16.2 Å². The number of piperidine rings is 1. The van der Waals surface area contributed by atoms with Crippen molar-refractivity contribution in [3.05, 3.63) is 75.7 Å². The zero-order valence-electron chi connectivity index (χ0n) is 20.6. The molecule has 1 atom stereocenters. The molecule has 0 bridgehead atoms. The number of para-hydroxylation sites is 2. The molecule has 1 saturated heterocycles. The van der Waals surface area contributed by atoms with Gasteiger partial charge in [-0.2, -0.15) is 0 Å². The number of carbonyl (C=O) groups is 1. The monoisotopic (exact) mass is 553 g/mol. The lowest BCUT2D eigenvalue weighted by molar-refractivity contribution is -0.132. The number of rotatable bonds is 6. The lowest BCUT2D eigenvalue weighted by Crippen LogP contribution is -2.39. The molecule has 1 unspecified atom stereocenters. The Morgan fingerprint density at radius 2 is 1.87 bits per heavy atom. The molecule has 1 amide bonds. The molecular formula is C27H25F2N5O2S2. The highest BCUT2D eigenvalue weighted by atomic mass is 32.2. The average Bonchev–Trinajstić information content (AvgIpc) is 3.68. The van der Waals surface area contributed by atoms with Crippen LogP contribution in [0.2, 0.25) is 0 Å². The SMILES string of the molecule is CSc1nc2ccccc2n1CC(=O)N1CCC(c2nc(C3=NOC(c4c(F)cccc4F)C3)cs2)CC1. The summed E-state index contributed by atoms with van der Waals surface area (Å²) in [4.78, 5) is 29.9. The molecule has 2 aromatic heterocycles. The molecule has 1 fully saturated rings. The number of amides is 1. The van der Waals surface area contributed by atoms with Crippen molar-refractivity contribution >= 4 is 45.8 Å². The third-order valence-electron chi connectivity index (χ3n) is 7.10. The minimum atomic E-state index is -0.801. The number of thioether (sulfide) groups is 1. The number of imidazole rings is 1. The van der Waals surface area contributed by atoms with Crippen LogP contribution in [0.15, 0.2) is 58.2 Å². The van der Waals surface area contributed by atoms with Crippen LogP contribution in [-0.4, -0.2) is 50.4 Å². The highest BCUT2D eigenvalue weighted by molar-refractivity contribution is 7.98. The van der Waals surface area contributed by atoms with Gasteiger partial charge in [0.2, 0.25) is 5.91 Å². The lowest BCUT2D eigenvalue weighted by Gasteiger charge is -2.31. The minimum Gasteiger partial charge on any atom is -0.387 e. The van der Waals surface area contributed by atoms with E-state index in [0.29, 0.717) is 24.5 Å². The molecule has 4 heterocycles. The fourth-order valence-electron chi connectivity index (χ4n) is 5.08. The van der Waals surface area contributed by atoms with Gasteiger partial charge in [-0.25, -0.2) is 18.7 Å². The first kappa shape index (κ1) is 25.0. The molecule has 2 aromatic carbocycles. The van der Waals surface area contributed by atoms with Crippen LogP contribution in [0.4, 0.5) is 8.78 Å². The number of nitrogens with zero attached hydrogens (tertiary/aromatic N) is 5. The van der Waals surface area contributed by atoms with Crippen molar-refractivity contribution in [3.8, 4) is 0 Å². The maximum absolute atomic E-state index is 14.2. The first-order valence-electron chi connectivity index (χ1n) is 12.4. The van der Waals surface area contributed by atoms with Crippen LogP contribution >= 0.6 is 23.1 Å². The Bertz CT molecular complexity index is 1510.